The molecule has 1 aliphatic rings. The third-order valence-electron chi connectivity index (χ3n) is 3.40. The van der Waals surface area contributed by atoms with Crippen LogP contribution in [0.15, 0.2) is 11.5 Å². The fourth-order valence-corrected chi connectivity index (χ4v) is 3.43. The zero-order chi connectivity index (χ0) is 17.0. The first-order valence-electron chi connectivity index (χ1n) is 7.98. The SMILES string of the molecule is CCCC/C=C\SC(C1CCCCC1)=[N+](C)C.F[B-](F)(F)F. The van der Waals surface area contributed by atoms with E-state index in [-0.39, 0.29) is 0 Å². The molecule has 0 aliphatic heterocycles. The van der Waals surface area contributed by atoms with Crippen molar-refractivity contribution >= 4 is 24.1 Å². The van der Waals surface area contributed by atoms with Crippen molar-refractivity contribution in [3.05, 3.63) is 11.5 Å². The largest absolute Gasteiger partial charge is 0.673 e. The van der Waals surface area contributed by atoms with Crippen LogP contribution in [0.3, 0.4) is 0 Å². The molecule has 0 radical (unpaired) electrons. The van der Waals surface area contributed by atoms with Crippen LogP contribution < -0.4 is 0 Å². The maximum atomic E-state index is 9.75. The van der Waals surface area contributed by atoms with Gasteiger partial charge in [-0.3, -0.25) is 0 Å². The minimum absolute atomic E-state index is 0.819. The molecule has 1 aliphatic carbocycles. The van der Waals surface area contributed by atoms with Crippen LogP contribution in [-0.2, 0) is 0 Å². The summed E-state index contributed by atoms with van der Waals surface area (Å²) in [7, 11) is -1.62. The minimum atomic E-state index is -6.00. The van der Waals surface area contributed by atoms with E-state index >= 15 is 0 Å². The number of hydrogen-bond donors (Lipinski definition) is 0. The smallest absolute Gasteiger partial charge is 0.418 e. The molecule has 0 amide bonds. The van der Waals surface area contributed by atoms with Gasteiger partial charge >= 0.3 is 7.25 Å². The first kappa shape index (κ1) is 21.5. The van der Waals surface area contributed by atoms with Crippen LogP contribution in [-0.4, -0.2) is 31.0 Å². The van der Waals surface area contributed by atoms with Gasteiger partial charge in [0.2, 0.25) is 5.04 Å². The molecular formula is C15H28BF4NS. The normalized spacial score (nSPS) is 16.3. The van der Waals surface area contributed by atoms with Crippen molar-refractivity contribution in [3.8, 4) is 0 Å². The summed E-state index contributed by atoms with van der Waals surface area (Å²) in [5, 5.41) is 3.87. The van der Waals surface area contributed by atoms with Crippen molar-refractivity contribution in [2.45, 2.75) is 58.3 Å². The molecule has 0 aromatic carbocycles. The van der Waals surface area contributed by atoms with Crippen LogP contribution in [0.2, 0.25) is 0 Å². The number of thioether (sulfide) groups is 1. The number of rotatable bonds is 5. The molecule has 0 spiro atoms. The highest BCUT2D eigenvalue weighted by Gasteiger charge is 2.24. The predicted octanol–water partition coefficient (Wildman–Crippen LogP) is 5.97. The molecule has 0 aromatic rings. The molecule has 22 heavy (non-hydrogen) atoms. The van der Waals surface area contributed by atoms with Crippen LogP contribution in [0.1, 0.15) is 58.3 Å². The fourth-order valence-electron chi connectivity index (χ4n) is 2.42. The van der Waals surface area contributed by atoms with Gasteiger partial charge in [0.15, 0.2) is 0 Å². The number of nitrogens with zero attached hydrogens (tertiary/aromatic N) is 1. The quantitative estimate of drug-likeness (QED) is 0.149. The lowest BCUT2D eigenvalue weighted by atomic mass is 9.90. The Morgan fingerprint density at radius 2 is 1.68 bits per heavy atom. The van der Waals surface area contributed by atoms with Crippen molar-refractivity contribution in [2.75, 3.05) is 14.1 Å². The number of hydrogen-bond acceptors (Lipinski definition) is 1. The summed E-state index contributed by atoms with van der Waals surface area (Å²) in [6, 6.07) is 0. The van der Waals surface area contributed by atoms with Gasteiger partial charge in [0, 0.05) is 0 Å². The predicted molar refractivity (Wildman–Crippen MR) is 90.1 cm³/mol. The second-order valence-electron chi connectivity index (χ2n) is 5.69. The molecule has 130 valence electrons. The highest BCUT2D eigenvalue weighted by Crippen LogP contribution is 2.29. The highest BCUT2D eigenvalue weighted by molar-refractivity contribution is 8.16. The summed E-state index contributed by atoms with van der Waals surface area (Å²) in [6.45, 7) is 2.25. The summed E-state index contributed by atoms with van der Waals surface area (Å²) >= 11 is 1.95. The van der Waals surface area contributed by atoms with Gasteiger partial charge in [-0.15, -0.1) is 0 Å². The Labute approximate surface area is 136 Å². The summed E-state index contributed by atoms with van der Waals surface area (Å²) < 4.78 is 41.3. The van der Waals surface area contributed by atoms with Gasteiger partial charge in [0.1, 0.15) is 14.1 Å². The van der Waals surface area contributed by atoms with Crippen molar-refractivity contribution in [1.82, 2.24) is 0 Å². The van der Waals surface area contributed by atoms with Gasteiger partial charge in [-0.25, -0.2) is 4.58 Å². The van der Waals surface area contributed by atoms with Crippen LogP contribution >= 0.6 is 11.8 Å². The molecule has 1 nitrogen and oxygen atoms in total. The summed E-state index contributed by atoms with van der Waals surface area (Å²) in [5.41, 5.74) is 0. The van der Waals surface area contributed by atoms with E-state index < -0.39 is 7.25 Å². The third kappa shape index (κ3) is 13.2. The van der Waals surface area contributed by atoms with E-state index in [2.05, 4.69) is 37.1 Å². The molecule has 0 heterocycles. The van der Waals surface area contributed by atoms with E-state index in [0.717, 1.165) is 5.92 Å². The zero-order valence-corrected chi connectivity index (χ0v) is 14.7. The van der Waals surface area contributed by atoms with E-state index in [1.807, 2.05) is 11.8 Å². The number of unbranched alkanes of at least 4 members (excludes halogenated alkanes) is 2. The average molecular weight is 341 g/mol. The van der Waals surface area contributed by atoms with Crippen LogP contribution in [0, 0.1) is 5.92 Å². The monoisotopic (exact) mass is 341 g/mol. The summed E-state index contributed by atoms with van der Waals surface area (Å²) in [6.07, 6.45) is 13.2. The summed E-state index contributed by atoms with van der Waals surface area (Å²) in [5.74, 6) is 0.819. The van der Waals surface area contributed by atoms with Crippen molar-refractivity contribution in [2.24, 2.45) is 5.92 Å². The Hall–Kier alpha value is -0.455. The van der Waals surface area contributed by atoms with Crippen LogP contribution in [0.5, 0.6) is 0 Å². The van der Waals surface area contributed by atoms with Crippen molar-refractivity contribution in [1.29, 1.82) is 0 Å². The molecule has 0 atom stereocenters. The fraction of sp³-hybridized carbons (Fsp3) is 0.800. The molecule has 1 fully saturated rings. The maximum Gasteiger partial charge on any atom is 0.673 e. The van der Waals surface area contributed by atoms with Gasteiger partial charge in [0.25, 0.3) is 0 Å². The first-order valence-corrected chi connectivity index (χ1v) is 8.86. The van der Waals surface area contributed by atoms with Crippen molar-refractivity contribution in [3.63, 3.8) is 0 Å². The minimum Gasteiger partial charge on any atom is -0.418 e. The second-order valence-corrected chi connectivity index (χ2v) is 6.62. The van der Waals surface area contributed by atoms with Gasteiger partial charge in [-0.1, -0.05) is 45.1 Å². The molecular weight excluding hydrogens is 313 g/mol. The summed E-state index contributed by atoms with van der Waals surface area (Å²) in [4.78, 5) is 0. The molecule has 1 rings (SSSR count). The van der Waals surface area contributed by atoms with Gasteiger partial charge in [-0.05, 0) is 36.4 Å². The Balaban J connectivity index is 0.000000763. The van der Waals surface area contributed by atoms with Gasteiger partial charge in [-0.2, -0.15) is 0 Å². The van der Waals surface area contributed by atoms with Crippen LogP contribution in [0.4, 0.5) is 17.3 Å². The molecule has 0 N–H and O–H groups in total. The Kier molecular flexibility index (Phi) is 11.8. The Bertz CT molecular complexity index is 340. The topological polar surface area (TPSA) is 3.01 Å². The van der Waals surface area contributed by atoms with E-state index in [1.54, 1.807) is 5.04 Å². The lowest BCUT2D eigenvalue weighted by Crippen LogP contribution is -2.22. The highest BCUT2D eigenvalue weighted by atomic mass is 32.2. The maximum absolute atomic E-state index is 9.75. The zero-order valence-electron chi connectivity index (χ0n) is 13.8. The Morgan fingerprint density at radius 3 is 2.14 bits per heavy atom. The lowest BCUT2D eigenvalue weighted by Gasteiger charge is -2.20. The second kappa shape index (κ2) is 12.0. The van der Waals surface area contributed by atoms with E-state index in [0.29, 0.717) is 0 Å². The number of allylic oxidation sites excluding steroid dienone is 1. The standard InChI is InChI=1S/C15H28NS.BF4/c1-4-5-6-10-13-17-15(16(2)3)14-11-8-7-9-12-14;2-1(3,4)5/h10,13-14H,4-9,11-12H2,1-3H3;/q+1;-1/b13-10-;. The van der Waals surface area contributed by atoms with Gasteiger partial charge in [0.05, 0.1) is 5.92 Å². The van der Waals surface area contributed by atoms with Crippen LogP contribution in [0.25, 0.3) is 0 Å². The van der Waals surface area contributed by atoms with Gasteiger partial charge < -0.3 is 17.3 Å². The lowest BCUT2D eigenvalue weighted by molar-refractivity contribution is -0.464. The van der Waals surface area contributed by atoms with Crippen molar-refractivity contribution < 1.29 is 21.8 Å². The molecule has 0 saturated heterocycles. The number of halogens is 4. The van der Waals surface area contributed by atoms with E-state index in [9.17, 15) is 17.3 Å². The molecule has 0 bridgehead atoms. The molecule has 0 aromatic heterocycles. The van der Waals surface area contributed by atoms with E-state index in [4.69, 9.17) is 0 Å². The molecule has 0 unspecified atom stereocenters. The molecule has 1 saturated carbocycles. The Morgan fingerprint density at radius 1 is 1.14 bits per heavy atom. The average Bonchev–Trinajstić information content (AvgIpc) is 2.41. The van der Waals surface area contributed by atoms with E-state index in [1.165, 1.54) is 51.4 Å². The molecule has 7 heteroatoms. The first-order chi connectivity index (χ1) is 10.3. The third-order valence-corrected chi connectivity index (χ3v) is 4.67.